The minimum atomic E-state index is 0.681. The number of aryl methyl sites for hydroxylation is 1. The Labute approximate surface area is 104 Å². The molecule has 0 saturated heterocycles. The molecule has 0 bridgehead atoms. The van der Waals surface area contributed by atoms with Crippen molar-refractivity contribution in [2.45, 2.75) is 52.9 Å². The van der Waals surface area contributed by atoms with Gasteiger partial charge in [0.05, 0.1) is 0 Å². The van der Waals surface area contributed by atoms with Crippen LogP contribution < -0.4 is 0 Å². The van der Waals surface area contributed by atoms with Crippen LogP contribution in [0, 0.1) is 5.41 Å². The molecule has 2 aliphatic rings. The molecule has 2 heteroatoms. The number of rotatable bonds is 3. The van der Waals surface area contributed by atoms with Crippen molar-refractivity contribution in [2.75, 3.05) is 0 Å². The molecule has 0 aromatic carbocycles. The number of benzene rings is 1. The first kappa shape index (κ1) is 13.7. The fourth-order valence-electron chi connectivity index (χ4n) is 2.44. The highest BCUT2D eigenvalue weighted by Gasteiger charge is 2.32. The van der Waals surface area contributed by atoms with Crippen LogP contribution in [-0.2, 0) is 11.2 Å². The molecule has 92 valence electrons. The lowest BCUT2D eigenvalue weighted by Crippen LogP contribution is -1.86. The maximum Gasteiger partial charge on any atom is 0.231 e. The minimum Gasteiger partial charge on any atom is -0.222 e. The van der Waals surface area contributed by atoms with E-state index < -0.39 is 0 Å². The average molecular weight is 231 g/mol. The number of carbonyl (C=O) groups excluding carboxylic acids is 1. The van der Waals surface area contributed by atoms with Crippen LogP contribution in [0.5, 0.6) is 0 Å². The second-order valence-corrected chi connectivity index (χ2v) is 5.05. The van der Waals surface area contributed by atoms with Crippen molar-refractivity contribution < 1.29 is 4.79 Å². The molecule has 17 heavy (non-hydrogen) atoms. The van der Waals surface area contributed by atoms with Crippen molar-refractivity contribution in [1.29, 1.82) is 5.41 Å². The van der Waals surface area contributed by atoms with E-state index in [2.05, 4.69) is 40.7 Å². The highest BCUT2D eigenvalue weighted by molar-refractivity contribution is 5.96. The van der Waals surface area contributed by atoms with E-state index in [-0.39, 0.29) is 0 Å². The van der Waals surface area contributed by atoms with Crippen LogP contribution >= 0.6 is 0 Å². The number of fused-ring (bicyclic) bond motifs is 1. The van der Waals surface area contributed by atoms with Gasteiger partial charge < -0.3 is 0 Å². The largest absolute Gasteiger partial charge is 0.231 e. The average Bonchev–Trinajstić information content (AvgIpc) is 2.80. The SMILES string of the molecule is CCc1c2c(C(C)C)cc(C(C)C)c1-2.N=C=O. The molecule has 0 fully saturated rings. The zero-order chi connectivity index (χ0) is 13.2. The van der Waals surface area contributed by atoms with Crippen LogP contribution in [0.25, 0.3) is 11.1 Å². The molecule has 2 nitrogen and oxygen atoms in total. The summed E-state index contributed by atoms with van der Waals surface area (Å²) >= 11 is 0. The van der Waals surface area contributed by atoms with Crippen LogP contribution in [0.1, 0.15) is 63.1 Å². The maximum absolute atomic E-state index is 8.35. The number of isocyanates is 1. The summed E-state index contributed by atoms with van der Waals surface area (Å²) in [6.45, 7) is 11.5. The van der Waals surface area contributed by atoms with Crippen molar-refractivity contribution in [3.63, 3.8) is 0 Å². The summed E-state index contributed by atoms with van der Waals surface area (Å²) in [6.07, 6.45) is 1.96. The van der Waals surface area contributed by atoms with E-state index in [1.807, 2.05) is 0 Å². The monoisotopic (exact) mass is 231 g/mol. The molecule has 0 unspecified atom stereocenters. The van der Waals surface area contributed by atoms with E-state index in [1.165, 1.54) is 6.42 Å². The van der Waals surface area contributed by atoms with Crippen LogP contribution in [0.4, 0.5) is 0 Å². The summed E-state index contributed by atoms with van der Waals surface area (Å²) in [7, 11) is 0. The summed E-state index contributed by atoms with van der Waals surface area (Å²) in [6, 6.07) is 2.43. The van der Waals surface area contributed by atoms with Gasteiger partial charge in [-0.2, -0.15) is 0 Å². The molecule has 0 aliphatic heterocycles. The van der Waals surface area contributed by atoms with Crippen LogP contribution in [0.3, 0.4) is 0 Å². The van der Waals surface area contributed by atoms with Crippen LogP contribution in [0.15, 0.2) is 6.07 Å². The summed E-state index contributed by atoms with van der Waals surface area (Å²) < 4.78 is 0. The molecule has 0 aromatic heterocycles. The van der Waals surface area contributed by atoms with Crippen molar-refractivity contribution in [1.82, 2.24) is 0 Å². The van der Waals surface area contributed by atoms with E-state index in [4.69, 9.17) is 10.2 Å². The molecular formula is C15H21NO. The highest BCUT2D eigenvalue weighted by atomic mass is 16.1. The van der Waals surface area contributed by atoms with Crippen LogP contribution in [-0.4, -0.2) is 6.08 Å². The zero-order valence-corrected chi connectivity index (χ0v) is 11.3. The van der Waals surface area contributed by atoms with Crippen molar-refractivity contribution in [2.24, 2.45) is 0 Å². The third-order valence-electron chi connectivity index (χ3n) is 3.28. The zero-order valence-electron chi connectivity index (χ0n) is 11.3. The van der Waals surface area contributed by atoms with Gasteiger partial charge in [0.25, 0.3) is 0 Å². The Morgan fingerprint density at radius 1 is 1.12 bits per heavy atom. The van der Waals surface area contributed by atoms with Crippen LogP contribution in [0.2, 0.25) is 0 Å². The number of hydrogen-bond donors (Lipinski definition) is 1. The van der Waals surface area contributed by atoms with Gasteiger partial charge in [0.1, 0.15) is 0 Å². The van der Waals surface area contributed by atoms with Gasteiger partial charge in [-0.05, 0) is 46.1 Å². The van der Waals surface area contributed by atoms with Gasteiger partial charge in [-0.15, -0.1) is 0 Å². The molecule has 0 spiro atoms. The first-order valence-electron chi connectivity index (χ1n) is 6.23. The van der Waals surface area contributed by atoms with E-state index in [0.29, 0.717) is 11.8 Å². The van der Waals surface area contributed by atoms with E-state index in [1.54, 1.807) is 27.8 Å². The third-order valence-corrected chi connectivity index (χ3v) is 3.28. The number of hydrogen-bond acceptors (Lipinski definition) is 2. The van der Waals surface area contributed by atoms with Gasteiger partial charge in [0, 0.05) is 0 Å². The molecule has 2 rings (SSSR count). The third kappa shape index (κ3) is 2.48. The van der Waals surface area contributed by atoms with Crippen molar-refractivity contribution in [3.8, 4) is 11.1 Å². The standard InChI is InChI=1S/C14H20.CHNO/c1-6-10-13-11(8(2)3)7-12(9(4)5)14(10)13;2-1-3/h7-9H,6H2,1-5H3;2H. The lowest BCUT2D eigenvalue weighted by atomic mass is 10.0. The predicted octanol–water partition coefficient (Wildman–Crippen LogP) is 4.38. The number of nitrogens with one attached hydrogen (secondary N) is 1. The molecular weight excluding hydrogens is 210 g/mol. The molecule has 0 radical (unpaired) electrons. The second kappa shape index (κ2) is 5.29. The molecule has 0 heterocycles. The lowest BCUT2D eigenvalue weighted by Gasteiger charge is -2.03. The van der Waals surface area contributed by atoms with Gasteiger partial charge >= 0.3 is 0 Å². The summed E-state index contributed by atoms with van der Waals surface area (Å²) in [4.78, 5) is 8.35. The first-order valence-corrected chi connectivity index (χ1v) is 6.23. The molecule has 2 aliphatic carbocycles. The fourth-order valence-corrected chi connectivity index (χ4v) is 2.44. The Morgan fingerprint density at radius 2 is 1.47 bits per heavy atom. The molecule has 0 saturated carbocycles. The maximum atomic E-state index is 8.35. The Balaban J connectivity index is 0.000000437. The van der Waals surface area contributed by atoms with Crippen molar-refractivity contribution in [3.05, 3.63) is 22.8 Å². The van der Waals surface area contributed by atoms with Gasteiger partial charge in [-0.1, -0.05) is 40.7 Å². The Hall–Kier alpha value is -1.40. The topological polar surface area (TPSA) is 40.9 Å². The summed E-state index contributed by atoms with van der Waals surface area (Å²) in [5, 5.41) is 5.40. The normalized spacial score (nSPS) is 11.0. The molecule has 0 aromatic rings. The molecule has 0 atom stereocenters. The Bertz CT molecular complexity index is 420. The van der Waals surface area contributed by atoms with Gasteiger partial charge in [-0.3, -0.25) is 0 Å². The van der Waals surface area contributed by atoms with Gasteiger partial charge in [0.15, 0.2) is 0 Å². The van der Waals surface area contributed by atoms with Crippen molar-refractivity contribution >= 4 is 6.08 Å². The Morgan fingerprint density at radius 3 is 1.71 bits per heavy atom. The first-order chi connectivity index (χ1) is 7.99. The van der Waals surface area contributed by atoms with Gasteiger partial charge in [0.2, 0.25) is 6.08 Å². The van der Waals surface area contributed by atoms with E-state index in [0.717, 1.165) is 6.08 Å². The quantitative estimate of drug-likeness (QED) is 0.618. The Kier molecular flexibility index (Phi) is 4.25. The predicted molar refractivity (Wildman–Crippen MR) is 71.4 cm³/mol. The highest BCUT2D eigenvalue weighted by Crippen LogP contribution is 2.53. The van der Waals surface area contributed by atoms with E-state index >= 15 is 0 Å². The molecule has 0 amide bonds. The second-order valence-electron chi connectivity index (χ2n) is 5.05. The smallest absolute Gasteiger partial charge is 0.222 e. The van der Waals surface area contributed by atoms with Gasteiger partial charge in [-0.25, -0.2) is 10.2 Å². The van der Waals surface area contributed by atoms with E-state index in [9.17, 15) is 0 Å². The summed E-state index contributed by atoms with van der Waals surface area (Å²) in [5.74, 6) is 1.36. The fraction of sp³-hybridized carbons (Fsp3) is 0.533. The molecule has 1 N–H and O–H groups in total. The lowest BCUT2D eigenvalue weighted by molar-refractivity contribution is 0.563. The minimum absolute atomic E-state index is 0.681. The summed E-state index contributed by atoms with van der Waals surface area (Å²) in [5.41, 5.74) is 8.04.